The standard InChI is InChI=1S/C21H26N6O3/c1-12-9-7-8-10-18(12)11-25-15(4)19(13(2)23-25)22-21(28)17(6)26-16(5)20(27(29)30)14(3)24-26/h7-10,17H,11H2,1-6H3,(H,22,28). The van der Waals surface area contributed by atoms with Gasteiger partial charge in [-0.2, -0.15) is 10.2 Å². The van der Waals surface area contributed by atoms with Crippen LogP contribution in [0.2, 0.25) is 0 Å². The molecule has 0 aliphatic rings. The van der Waals surface area contributed by atoms with Crippen LogP contribution < -0.4 is 5.32 Å². The van der Waals surface area contributed by atoms with Gasteiger partial charge in [0.25, 0.3) is 0 Å². The van der Waals surface area contributed by atoms with E-state index in [4.69, 9.17) is 0 Å². The largest absolute Gasteiger partial charge is 0.321 e. The first-order chi connectivity index (χ1) is 14.1. The number of carbonyl (C=O) groups is 1. The van der Waals surface area contributed by atoms with E-state index in [9.17, 15) is 14.9 Å². The Morgan fingerprint density at radius 3 is 2.37 bits per heavy atom. The van der Waals surface area contributed by atoms with Crippen LogP contribution in [0, 0.1) is 44.7 Å². The predicted octanol–water partition coefficient (Wildman–Crippen LogP) is 3.78. The van der Waals surface area contributed by atoms with Gasteiger partial charge in [0.15, 0.2) is 0 Å². The highest BCUT2D eigenvalue weighted by atomic mass is 16.6. The molecule has 0 aliphatic heterocycles. The molecule has 3 aromatic rings. The lowest BCUT2D eigenvalue weighted by Gasteiger charge is -2.14. The molecule has 2 heterocycles. The van der Waals surface area contributed by atoms with Gasteiger partial charge >= 0.3 is 5.69 Å². The second-order valence-corrected chi connectivity index (χ2v) is 7.52. The summed E-state index contributed by atoms with van der Waals surface area (Å²) in [7, 11) is 0. The van der Waals surface area contributed by atoms with E-state index < -0.39 is 11.0 Å². The Labute approximate surface area is 174 Å². The summed E-state index contributed by atoms with van der Waals surface area (Å²) in [4.78, 5) is 23.7. The zero-order valence-electron chi connectivity index (χ0n) is 18.1. The zero-order chi connectivity index (χ0) is 22.2. The van der Waals surface area contributed by atoms with Crippen LogP contribution in [-0.2, 0) is 11.3 Å². The molecule has 0 fully saturated rings. The highest BCUT2D eigenvalue weighted by molar-refractivity contribution is 5.94. The number of nitro groups is 1. The first-order valence-corrected chi connectivity index (χ1v) is 9.71. The molecular weight excluding hydrogens is 384 g/mol. The summed E-state index contributed by atoms with van der Waals surface area (Å²) in [5.74, 6) is -0.308. The summed E-state index contributed by atoms with van der Waals surface area (Å²) in [6.45, 7) is 11.2. The van der Waals surface area contributed by atoms with Gasteiger partial charge in [-0.25, -0.2) is 0 Å². The molecule has 0 aliphatic carbocycles. The van der Waals surface area contributed by atoms with E-state index in [1.807, 2.05) is 30.7 Å². The minimum Gasteiger partial charge on any atom is -0.321 e. The lowest BCUT2D eigenvalue weighted by atomic mass is 10.1. The molecule has 9 heteroatoms. The summed E-state index contributed by atoms with van der Waals surface area (Å²) in [5, 5.41) is 23.0. The van der Waals surface area contributed by atoms with E-state index >= 15 is 0 Å². The van der Waals surface area contributed by atoms with Crippen molar-refractivity contribution in [3.63, 3.8) is 0 Å². The van der Waals surface area contributed by atoms with Crippen molar-refractivity contribution in [3.8, 4) is 0 Å². The zero-order valence-corrected chi connectivity index (χ0v) is 18.1. The highest BCUT2D eigenvalue weighted by Gasteiger charge is 2.28. The topological polar surface area (TPSA) is 108 Å². The molecule has 0 radical (unpaired) electrons. The van der Waals surface area contributed by atoms with Gasteiger partial charge in [-0.15, -0.1) is 0 Å². The number of benzene rings is 1. The third-order valence-electron chi connectivity index (χ3n) is 5.43. The quantitative estimate of drug-likeness (QED) is 0.491. The molecule has 0 saturated heterocycles. The van der Waals surface area contributed by atoms with Crippen molar-refractivity contribution in [1.82, 2.24) is 19.6 Å². The van der Waals surface area contributed by atoms with Crippen molar-refractivity contribution < 1.29 is 9.72 Å². The Balaban J connectivity index is 1.84. The van der Waals surface area contributed by atoms with E-state index in [-0.39, 0.29) is 17.3 Å². The van der Waals surface area contributed by atoms with Gasteiger partial charge in [0, 0.05) is 0 Å². The number of hydrogen-bond donors (Lipinski definition) is 1. The minimum absolute atomic E-state index is 0.0620. The lowest BCUT2D eigenvalue weighted by Crippen LogP contribution is -2.25. The summed E-state index contributed by atoms with van der Waals surface area (Å²) < 4.78 is 3.26. The number of nitrogens with zero attached hydrogens (tertiary/aromatic N) is 5. The van der Waals surface area contributed by atoms with Crippen molar-refractivity contribution in [3.05, 3.63) is 68.3 Å². The first-order valence-electron chi connectivity index (χ1n) is 9.71. The molecule has 2 aromatic heterocycles. The van der Waals surface area contributed by atoms with Crippen LogP contribution in [0.15, 0.2) is 24.3 Å². The molecule has 30 heavy (non-hydrogen) atoms. The Hall–Kier alpha value is -3.49. The normalized spacial score (nSPS) is 12.1. The van der Waals surface area contributed by atoms with E-state index in [2.05, 4.69) is 34.6 Å². The third kappa shape index (κ3) is 3.83. The van der Waals surface area contributed by atoms with Gasteiger partial charge in [0.05, 0.1) is 28.5 Å². The lowest BCUT2D eigenvalue weighted by molar-refractivity contribution is -0.386. The molecule has 1 N–H and O–H groups in total. The van der Waals surface area contributed by atoms with E-state index in [1.54, 1.807) is 20.8 Å². The number of anilines is 1. The fourth-order valence-corrected chi connectivity index (χ4v) is 3.61. The van der Waals surface area contributed by atoms with E-state index in [0.29, 0.717) is 23.6 Å². The number of aryl methyl sites for hydroxylation is 3. The van der Waals surface area contributed by atoms with Crippen LogP contribution in [0.4, 0.5) is 11.4 Å². The Kier molecular flexibility index (Phi) is 5.73. The highest BCUT2D eigenvalue weighted by Crippen LogP contribution is 2.26. The van der Waals surface area contributed by atoms with Crippen molar-refractivity contribution in [2.24, 2.45) is 0 Å². The molecule has 9 nitrogen and oxygen atoms in total. The number of hydrogen-bond acceptors (Lipinski definition) is 5. The summed E-state index contributed by atoms with van der Waals surface area (Å²) in [5.41, 5.74) is 5.11. The van der Waals surface area contributed by atoms with Crippen LogP contribution in [0.1, 0.15) is 46.9 Å². The molecular formula is C21H26N6O3. The molecule has 158 valence electrons. The molecule has 1 amide bonds. The van der Waals surface area contributed by atoms with Crippen LogP contribution in [0.5, 0.6) is 0 Å². The number of rotatable bonds is 6. The van der Waals surface area contributed by atoms with Crippen molar-refractivity contribution in [2.75, 3.05) is 5.32 Å². The Bertz CT molecular complexity index is 1130. The fourth-order valence-electron chi connectivity index (χ4n) is 3.61. The molecule has 1 atom stereocenters. The van der Waals surface area contributed by atoms with Gasteiger partial charge in [-0.3, -0.25) is 24.3 Å². The second-order valence-electron chi connectivity index (χ2n) is 7.52. The van der Waals surface area contributed by atoms with Crippen LogP contribution in [0.3, 0.4) is 0 Å². The number of aromatic nitrogens is 4. The Morgan fingerprint density at radius 2 is 1.77 bits per heavy atom. The van der Waals surface area contributed by atoms with E-state index in [1.165, 1.54) is 10.2 Å². The molecule has 0 bridgehead atoms. The molecule has 3 rings (SSSR count). The summed E-state index contributed by atoms with van der Waals surface area (Å²) in [6.07, 6.45) is 0. The molecule has 1 aromatic carbocycles. The van der Waals surface area contributed by atoms with Crippen molar-refractivity contribution >= 4 is 17.3 Å². The van der Waals surface area contributed by atoms with Crippen LogP contribution in [0.25, 0.3) is 0 Å². The van der Waals surface area contributed by atoms with Gasteiger partial charge < -0.3 is 5.32 Å². The molecule has 1 unspecified atom stereocenters. The average Bonchev–Trinajstić information content (AvgIpc) is 3.12. The van der Waals surface area contributed by atoms with E-state index in [0.717, 1.165) is 11.3 Å². The number of nitrogens with one attached hydrogen (secondary N) is 1. The smallest absolute Gasteiger partial charge is 0.312 e. The number of amides is 1. The maximum Gasteiger partial charge on any atom is 0.312 e. The van der Waals surface area contributed by atoms with Crippen LogP contribution >= 0.6 is 0 Å². The minimum atomic E-state index is -0.712. The molecule has 0 spiro atoms. The van der Waals surface area contributed by atoms with Gasteiger partial charge in [0.1, 0.15) is 17.4 Å². The average molecular weight is 410 g/mol. The van der Waals surface area contributed by atoms with Gasteiger partial charge in [0.2, 0.25) is 5.91 Å². The fraction of sp³-hybridized carbons (Fsp3) is 0.381. The Morgan fingerprint density at radius 1 is 1.10 bits per heavy atom. The van der Waals surface area contributed by atoms with Crippen LogP contribution in [-0.4, -0.2) is 30.4 Å². The van der Waals surface area contributed by atoms with Gasteiger partial charge in [-0.1, -0.05) is 24.3 Å². The monoisotopic (exact) mass is 410 g/mol. The first kappa shape index (κ1) is 21.2. The maximum absolute atomic E-state index is 12.9. The predicted molar refractivity (Wildman–Crippen MR) is 114 cm³/mol. The maximum atomic E-state index is 12.9. The third-order valence-corrected chi connectivity index (χ3v) is 5.43. The SMILES string of the molecule is Cc1ccccc1Cn1nc(C)c(NC(=O)C(C)n2nc(C)c([N+](=O)[O-])c2C)c1C. The second kappa shape index (κ2) is 8.10. The van der Waals surface area contributed by atoms with Crippen molar-refractivity contribution in [1.29, 1.82) is 0 Å². The van der Waals surface area contributed by atoms with Crippen molar-refractivity contribution in [2.45, 2.75) is 54.1 Å². The van der Waals surface area contributed by atoms with Gasteiger partial charge in [-0.05, 0) is 52.7 Å². The summed E-state index contributed by atoms with van der Waals surface area (Å²) in [6, 6.07) is 7.39. The number of carbonyl (C=O) groups excluding carboxylic acids is 1. The summed E-state index contributed by atoms with van der Waals surface area (Å²) >= 11 is 0. The molecule has 0 saturated carbocycles.